The van der Waals surface area contributed by atoms with Crippen molar-refractivity contribution in [2.75, 3.05) is 0 Å². The van der Waals surface area contributed by atoms with Gasteiger partial charge in [0.25, 0.3) is 5.91 Å². The van der Waals surface area contributed by atoms with Crippen LogP contribution in [0.15, 0.2) is 24.1 Å². The fourth-order valence-electron chi connectivity index (χ4n) is 0.971. The van der Waals surface area contributed by atoms with Gasteiger partial charge in [0.05, 0.1) is 19.1 Å². The van der Waals surface area contributed by atoms with Crippen molar-refractivity contribution in [3.05, 3.63) is 34.8 Å². The summed E-state index contributed by atoms with van der Waals surface area (Å²) in [6, 6.07) is 0. The van der Waals surface area contributed by atoms with Crippen LogP contribution in [0.1, 0.15) is 15.5 Å². The summed E-state index contributed by atoms with van der Waals surface area (Å²) in [7, 11) is 0. The van der Waals surface area contributed by atoms with E-state index in [4.69, 9.17) is 0 Å². The molecule has 5 nitrogen and oxygen atoms in total. The Morgan fingerprint density at radius 2 is 2.57 bits per heavy atom. The second kappa shape index (κ2) is 4.01. The molecule has 2 aromatic heterocycles. The summed E-state index contributed by atoms with van der Waals surface area (Å²) in [6.45, 7) is 0.454. The van der Waals surface area contributed by atoms with Gasteiger partial charge in [-0.1, -0.05) is 0 Å². The average Bonchev–Trinajstić information content (AvgIpc) is 2.87. The van der Waals surface area contributed by atoms with Gasteiger partial charge in [-0.3, -0.25) is 4.79 Å². The zero-order chi connectivity index (χ0) is 9.80. The number of hydrogen-bond donors (Lipinski definition) is 2. The van der Waals surface area contributed by atoms with Crippen LogP contribution in [0.3, 0.4) is 0 Å². The molecule has 0 atom stereocenters. The molecule has 2 N–H and O–H groups in total. The van der Waals surface area contributed by atoms with Crippen molar-refractivity contribution in [2.45, 2.75) is 6.54 Å². The quantitative estimate of drug-likeness (QED) is 0.783. The number of aromatic amines is 1. The van der Waals surface area contributed by atoms with E-state index in [2.05, 4.69) is 20.3 Å². The summed E-state index contributed by atoms with van der Waals surface area (Å²) in [5.41, 5.74) is 0.460. The molecule has 0 aromatic carbocycles. The molecule has 6 heteroatoms. The number of nitrogens with one attached hydrogen (secondary N) is 2. The lowest BCUT2D eigenvalue weighted by atomic mass is 10.4. The van der Waals surface area contributed by atoms with Crippen LogP contribution in [0.25, 0.3) is 0 Å². The summed E-state index contributed by atoms with van der Waals surface area (Å²) >= 11 is 1.51. The number of carbonyl (C=O) groups is 1. The van der Waals surface area contributed by atoms with Crippen molar-refractivity contribution >= 4 is 17.2 Å². The largest absolute Gasteiger partial charge is 0.344 e. The second-order valence-electron chi connectivity index (χ2n) is 2.57. The van der Waals surface area contributed by atoms with Crippen molar-refractivity contribution in [1.29, 1.82) is 0 Å². The minimum absolute atomic E-state index is 0.169. The van der Waals surface area contributed by atoms with Crippen LogP contribution < -0.4 is 5.32 Å². The lowest BCUT2D eigenvalue weighted by molar-refractivity contribution is 0.0946. The fraction of sp³-hybridized carbons (Fsp3) is 0.125. The van der Waals surface area contributed by atoms with Gasteiger partial charge < -0.3 is 10.3 Å². The van der Waals surface area contributed by atoms with Gasteiger partial charge >= 0.3 is 0 Å². The van der Waals surface area contributed by atoms with E-state index in [9.17, 15) is 4.79 Å². The van der Waals surface area contributed by atoms with Crippen LogP contribution in [0.2, 0.25) is 0 Å². The van der Waals surface area contributed by atoms with Gasteiger partial charge in [-0.15, -0.1) is 11.3 Å². The predicted molar refractivity (Wildman–Crippen MR) is 51.9 cm³/mol. The highest BCUT2D eigenvalue weighted by molar-refractivity contribution is 7.09. The van der Waals surface area contributed by atoms with E-state index >= 15 is 0 Å². The molecule has 0 saturated heterocycles. The normalized spacial score (nSPS) is 10.0. The van der Waals surface area contributed by atoms with E-state index in [0.29, 0.717) is 12.2 Å². The Hall–Kier alpha value is -1.69. The first kappa shape index (κ1) is 8.89. The van der Waals surface area contributed by atoms with E-state index < -0.39 is 0 Å². The number of H-pyrrole nitrogens is 1. The summed E-state index contributed by atoms with van der Waals surface area (Å²) < 4.78 is 0. The molecule has 2 rings (SSSR count). The topological polar surface area (TPSA) is 70.7 Å². The first-order valence-corrected chi connectivity index (χ1v) is 4.89. The van der Waals surface area contributed by atoms with E-state index in [1.807, 2.05) is 5.38 Å². The molecule has 0 radical (unpaired) electrons. The number of nitrogens with zero attached hydrogens (tertiary/aromatic N) is 2. The Labute approximate surface area is 84.2 Å². The predicted octanol–water partition coefficient (Wildman–Crippen LogP) is 0.796. The van der Waals surface area contributed by atoms with E-state index in [0.717, 1.165) is 5.01 Å². The maximum Gasteiger partial charge on any atom is 0.269 e. The molecule has 1 amide bonds. The van der Waals surface area contributed by atoms with Crippen molar-refractivity contribution in [3.8, 4) is 0 Å². The molecular formula is C8H8N4OS. The van der Waals surface area contributed by atoms with Crippen molar-refractivity contribution < 1.29 is 4.79 Å². The third-order valence-electron chi connectivity index (χ3n) is 1.63. The zero-order valence-corrected chi connectivity index (χ0v) is 8.04. The Bertz CT molecular complexity index is 395. The second-order valence-corrected chi connectivity index (χ2v) is 3.55. The van der Waals surface area contributed by atoms with Crippen LogP contribution in [-0.2, 0) is 6.54 Å². The smallest absolute Gasteiger partial charge is 0.269 e. The Balaban J connectivity index is 1.90. The molecule has 0 aliphatic carbocycles. The van der Waals surface area contributed by atoms with Gasteiger partial charge in [0.15, 0.2) is 0 Å². The first-order valence-electron chi connectivity index (χ1n) is 4.01. The van der Waals surface area contributed by atoms with Crippen molar-refractivity contribution in [2.24, 2.45) is 0 Å². The van der Waals surface area contributed by atoms with Crippen molar-refractivity contribution in [1.82, 2.24) is 20.3 Å². The highest BCUT2D eigenvalue weighted by atomic mass is 32.1. The highest BCUT2D eigenvalue weighted by Crippen LogP contribution is 2.03. The number of carbonyl (C=O) groups excluding carboxylic acids is 1. The van der Waals surface area contributed by atoms with Gasteiger partial charge in [-0.25, -0.2) is 9.97 Å². The summed E-state index contributed by atoms with van der Waals surface area (Å²) in [5, 5.41) is 5.48. The maximum atomic E-state index is 11.4. The molecular weight excluding hydrogens is 200 g/mol. The maximum absolute atomic E-state index is 11.4. The van der Waals surface area contributed by atoms with Crippen LogP contribution in [0.4, 0.5) is 0 Å². The standard InChI is InChI=1S/C8H8N4OS/c13-8(6-3-9-5-12-6)11-4-7-10-1-2-14-7/h1-3,5H,4H2,(H,9,12)(H,11,13). The van der Waals surface area contributed by atoms with E-state index in [-0.39, 0.29) is 5.91 Å². The van der Waals surface area contributed by atoms with E-state index in [1.165, 1.54) is 23.9 Å². The zero-order valence-electron chi connectivity index (χ0n) is 7.23. The molecule has 0 fully saturated rings. The summed E-state index contributed by atoms with van der Waals surface area (Å²) in [4.78, 5) is 21.9. The molecule has 0 saturated carbocycles. The number of amides is 1. The number of rotatable bonds is 3. The SMILES string of the molecule is O=C(NCc1nccs1)c1cnc[nH]1. The minimum Gasteiger partial charge on any atom is -0.344 e. The summed E-state index contributed by atoms with van der Waals surface area (Å²) in [5.74, 6) is -0.169. The van der Waals surface area contributed by atoms with Gasteiger partial charge in [0, 0.05) is 11.6 Å². The van der Waals surface area contributed by atoms with Crippen LogP contribution >= 0.6 is 11.3 Å². The molecule has 14 heavy (non-hydrogen) atoms. The summed E-state index contributed by atoms with van der Waals surface area (Å²) in [6.07, 6.45) is 4.66. The van der Waals surface area contributed by atoms with Gasteiger partial charge in [0.1, 0.15) is 10.7 Å². The molecule has 2 aromatic rings. The van der Waals surface area contributed by atoms with Gasteiger partial charge in [0.2, 0.25) is 0 Å². The average molecular weight is 208 g/mol. The third kappa shape index (κ3) is 1.97. The lowest BCUT2D eigenvalue weighted by Crippen LogP contribution is -2.22. The van der Waals surface area contributed by atoms with Gasteiger partial charge in [-0.05, 0) is 0 Å². The van der Waals surface area contributed by atoms with Crippen molar-refractivity contribution in [3.63, 3.8) is 0 Å². The number of hydrogen-bond acceptors (Lipinski definition) is 4. The number of thiazole rings is 1. The molecule has 0 spiro atoms. The molecule has 0 bridgehead atoms. The highest BCUT2D eigenvalue weighted by Gasteiger charge is 2.06. The lowest BCUT2D eigenvalue weighted by Gasteiger charge is -1.99. The van der Waals surface area contributed by atoms with Gasteiger partial charge in [-0.2, -0.15) is 0 Å². The van der Waals surface area contributed by atoms with Crippen LogP contribution in [0.5, 0.6) is 0 Å². The molecule has 0 unspecified atom stereocenters. The Morgan fingerprint density at radius 1 is 1.64 bits per heavy atom. The fourth-order valence-corrected chi connectivity index (χ4v) is 1.53. The third-order valence-corrected chi connectivity index (χ3v) is 2.41. The van der Waals surface area contributed by atoms with Crippen LogP contribution in [-0.4, -0.2) is 20.9 Å². The number of imidazole rings is 1. The monoisotopic (exact) mass is 208 g/mol. The molecule has 0 aliphatic rings. The number of aromatic nitrogens is 3. The minimum atomic E-state index is -0.169. The van der Waals surface area contributed by atoms with Crippen LogP contribution in [0, 0.1) is 0 Å². The molecule has 0 aliphatic heterocycles. The Kier molecular flexibility index (Phi) is 2.55. The van der Waals surface area contributed by atoms with E-state index in [1.54, 1.807) is 6.20 Å². The Morgan fingerprint density at radius 3 is 3.21 bits per heavy atom. The molecule has 72 valence electrons. The first-order chi connectivity index (χ1) is 6.86. The molecule has 2 heterocycles.